The minimum absolute atomic E-state index is 0.0354. The highest BCUT2D eigenvalue weighted by Crippen LogP contribution is 2.22. The van der Waals surface area contributed by atoms with E-state index in [1.807, 2.05) is 6.07 Å². The van der Waals surface area contributed by atoms with Gasteiger partial charge in [-0.25, -0.2) is 0 Å². The van der Waals surface area contributed by atoms with Crippen molar-refractivity contribution in [2.24, 2.45) is 0 Å². The number of carbonyl (C=O) groups excluding carboxylic acids is 1. The van der Waals surface area contributed by atoms with E-state index in [4.69, 9.17) is 0 Å². The molecule has 1 amide bonds. The molecule has 0 saturated carbocycles. The van der Waals surface area contributed by atoms with E-state index in [0.717, 1.165) is 37.1 Å². The zero-order chi connectivity index (χ0) is 13.7. The van der Waals surface area contributed by atoms with E-state index >= 15 is 0 Å². The molecule has 19 heavy (non-hydrogen) atoms. The van der Waals surface area contributed by atoms with Crippen molar-refractivity contribution in [1.29, 1.82) is 0 Å². The van der Waals surface area contributed by atoms with Gasteiger partial charge in [-0.3, -0.25) is 4.79 Å². The summed E-state index contributed by atoms with van der Waals surface area (Å²) in [4.78, 5) is 12.4. The predicted molar refractivity (Wildman–Crippen MR) is 79.4 cm³/mol. The number of amides is 1. The van der Waals surface area contributed by atoms with Gasteiger partial charge in [-0.15, -0.1) is 0 Å². The van der Waals surface area contributed by atoms with Crippen LogP contribution >= 0.6 is 0 Å². The van der Waals surface area contributed by atoms with Gasteiger partial charge in [-0.1, -0.05) is 38.0 Å². The van der Waals surface area contributed by atoms with Gasteiger partial charge in [0.05, 0.1) is 6.04 Å². The Hall–Kier alpha value is -1.35. The molecule has 3 nitrogen and oxygen atoms in total. The summed E-state index contributed by atoms with van der Waals surface area (Å²) in [5, 5.41) is 6.47. The van der Waals surface area contributed by atoms with E-state index < -0.39 is 0 Å². The smallest absolute Gasteiger partial charge is 0.241 e. The molecule has 1 unspecified atom stereocenters. The first-order valence-electron chi connectivity index (χ1n) is 7.35. The molecule has 1 heterocycles. The lowest BCUT2D eigenvalue weighted by molar-refractivity contribution is -0.118. The molecule has 0 aromatic heterocycles. The Morgan fingerprint density at radius 2 is 2.21 bits per heavy atom. The Morgan fingerprint density at radius 1 is 1.37 bits per heavy atom. The zero-order valence-electron chi connectivity index (χ0n) is 12.0. The molecule has 1 atom stereocenters. The first kappa shape index (κ1) is 14.1. The van der Waals surface area contributed by atoms with Crippen molar-refractivity contribution in [3.05, 3.63) is 29.3 Å². The standard InChI is InChI=1S/C16H24N2O/c1-3-13-9-7-8-12(2)15(13)18-16(19)14-10-5-4-6-11-17-14/h7-9,14,17H,3-6,10-11H2,1-2H3,(H,18,19). The SMILES string of the molecule is CCc1cccc(C)c1NC(=O)C1CCCCCN1. The Kier molecular flexibility index (Phi) is 4.97. The lowest BCUT2D eigenvalue weighted by Crippen LogP contribution is -2.40. The van der Waals surface area contributed by atoms with Crippen LogP contribution in [0.1, 0.15) is 43.7 Å². The summed E-state index contributed by atoms with van der Waals surface area (Å²) in [5.74, 6) is 0.117. The van der Waals surface area contributed by atoms with E-state index in [1.165, 1.54) is 18.4 Å². The Morgan fingerprint density at radius 3 is 3.00 bits per heavy atom. The summed E-state index contributed by atoms with van der Waals surface area (Å²) in [6.07, 6.45) is 5.42. The molecule has 104 valence electrons. The van der Waals surface area contributed by atoms with Crippen molar-refractivity contribution >= 4 is 11.6 Å². The molecule has 3 heteroatoms. The lowest BCUT2D eigenvalue weighted by Gasteiger charge is -2.18. The van der Waals surface area contributed by atoms with E-state index in [9.17, 15) is 4.79 Å². The minimum atomic E-state index is -0.0354. The van der Waals surface area contributed by atoms with Crippen LogP contribution in [-0.2, 0) is 11.2 Å². The third kappa shape index (κ3) is 3.57. The summed E-state index contributed by atoms with van der Waals surface area (Å²) in [5.41, 5.74) is 3.35. The molecule has 1 aliphatic rings. The van der Waals surface area contributed by atoms with Gasteiger partial charge in [0.2, 0.25) is 5.91 Å². The molecule has 1 aliphatic heterocycles. The number of anilines is 1. The predicted octanol–water partition coefficient (Wildman–Crippen LogP) is 3.03. The highest BCUT2D eigenvalue weighted by atomic mass is 16.2. The van der Waals surface area contributed by atoms with Crippen molar-refractivity contribution in [1.82, 2.24) is 5.32 Å². The number of para-hydroxylation sites is 1. The van der Waals surface area contributed by atoms with Crippen LogP contribution < -0.4 is 10.6 Å². The maximum absolute atomic E-state index is 12.4. The van der Waals surface area contributed by atoms with Gasteiger partial charge in [-0.05, 0) is 43.9 Å². The van der Waals surface area contributed by atoms with E-state index in [2.05, 4.69) is 36.6 Å². The molecule has 1 aromatic rings. The third-order valence-electron chi connectivity index (χ3n) is 3.86. The molecule has 1 aromatic carbocycles. The molecule has 0 radical (unpaired) electrons. The summed E-state index contributed by atoms with van der Waals surface area (Å²) < 4.78 is 0. The molecule has 1 fully saturated rings. The van der Waals surface area contributed by atoms with Crippen LogP contribution in [0.4, 0.5) is 5.69 Å². The van der Waals surface area contributed by atoms with Crippen LogP contribution in [0, 0.1) is 6.92 Å². The lowest BCUT2D eigenvalue weighted by atomic mass is 10.0. The maximum Gasteiger partial charge on any atom is 0.241 e. The van der Waals surface area contributed by atoms with Gasteiger partial charge in [-0.2, -0.15) is 0 Å². The molecule has 0 spiro atoms. The number of benzene rings is 1. The van der Waals surface area contributed by atoms with Gasteiger partial charge in [0.1, 0.15) is 0 Å². The number of nitrogens with one attached hydrogen (secondary N) is 2. The Labute approximate surface area is 115 Å². The topological polar surface area (TPSA) is 41.1 Å². The van der Waals surface area contributed by atoms with Crippen molar-refractivity contribution in [3.63, 3.8) is 0 Å². The van der Waals surface area contributed by atoms with Crippen molar-refractivity contribution < 1.29 is 4.79 Å². The van der Waals surface area contributed by atoms with Crippen LogP contribution in [-0.4, -0.2) is 18.5 Å². The minimum Gasteiger partial charge on any atom is -0.324 e. The first-order valence-corrected chi connectivity index (χ1v) is 7.35. The quantitative estimate of drug-likeness (QED) is 0.877. The average Bonchev–Trinajstić information content (AvgIpc) is 2.70. The van der Waals surface area contributed by atoms with Gasteiger partial charge < -0.3 is 10.6 Å². The first-order chi connectivity index (χ1) is 9.22. The molecule has 0 aliphatic carbocycles. The zero-order valence-corrected chi connectivity index (χ0v) is 12.0. The van der Waals surface area contributed by atoms with E-state index in [-0.39, 0.29) is 11.9 Å². The van der Waals surface area contributed by atoms with Crippen LogP contribution in [0.25, 0.3) is 0 Å². The Bertz CT molecular complexity index is 434. The van der Waals surface area contributed by atoms with E-state index in [0.29, 0.717) is 0 Å². The Balaban J connectivity index is 2.09. The molecule has 2 rings (SSSR count). The monoisotopic (exact) mass is 260 g/mol. The molecule has 1 saturated heterocycles. The fraction of sp³-hybridized carbons (Fsp3) is 0.562. The van der Waals surface area contributed by atoms with Crippen LogP contribution in [0.2, 0.25) is 0 Å². The second-order valence-electron chi connectivity index (χ2n) is 5.31. The number of hydrogen-bond donors (Lipinski definition) is 2. The van der Waals surface area contributed by atoms with Crippen molar-refractivity contribution in [2.75, 3.05) is 11.9 Å². The fourth-order valence-electron chi connectivity index (χ4n) is 2.66. The van der Waals surface area contributed by atoms with Crippen molar-refractivity contribution in [2.45, 2.75) is 52.0 Å². The van der Waals surface area contributed by atoms with Crippen LogP contribution in [0.5, 0.6) is 0 Å². The number of aryl methyl sites for hydroxylation is 2. The highest BCUT2D eigenvalue weighted by Gasteiger charge is 2.20. The van der Waals surface area contributed by atoms with Gasteiger partial charge >= 0.3 is 0 Å². The maximum atomic E-state index is 12.4. The number of hydrogen-bond acceptors (Lipinski definition) is 2. The molecule has 0 bridgehead atoms. The largest absolute Gasteiger partial charge is 0.324 e. The second kappa shape index (κ2) is 6.71. The van der Waals surface area contributed by atoms with Crippen LogP contribution in [0.15, 0.2) is 18.2 Å². The average molecular weight is 260 g/mol. The fourth-order valence-corrected chi connectivity index (χ4v) is 2.66. The molecule has 2 N–H and O–H groups in total. The van der Waals surface area contributed by atoms with Gasteiger partial charge in [0.15, 0.2) is 0 Å². The normalized spacial score (nSPS) is 19.8. The number of rotatable bonds is 3. The van der Waals surface area contributed by atoms with Crippen LogP contribution in [0.3, 0.4) is 0 Å². The molecular formula is C16H24N2O. The second-order valence-corrected chi connectivity index (χ2v) is 5.31. The third-order valence-corrected chi connectivity index (χ3v) is 3.86. The summed E-state index contributed by atoms with van der Waals surface area (Å²) in [7, 11) is 0. The summed E-state index contributed by atoms with van der Waals surface area (Å²) in [6.45, 7) is 5.12. The van der Waals surface area contributed by atoms with Gasteiger partial charge in [0.25, 0.3) is 0 Å². The summed E-state index contributed by atoms with van der Waals surface area (Å²) >= 11 is 0. The van der Waals surface area contributed by atoms with Crippen molar-refractivity contribution in [3.8, 4) is 0 Å². The van der Waals surface area contributed by atoms with Gasteiger partial charge in [0, 0.05) is 5.69 Å². The van der Waals surface area contributed by atoms with E-state index in [1.54, 1.807) is 0 Å². The molecular weight excluding hydrogens is 236 g/mol. The number of carbonyl (C=O) groups is 1. The summed E-state index contributed by atoms with van der Waals surface area (Å²) in [6, 6.07) is 6.15. The highest BCUT2D eigenvalue weighted by molar-refractivity contribution is 5.96.